The fraction of sp³-hybridized carbons (Fsp3) is 0.250. The summed E-state index contributed by atoms with van der Waals surface area (Å²) in [6.07, 6.45) is 1.54. The topological polar surface area (TPSA) is 68.4 Å². The Balaban J connectivity index is 2.45. The van der Waals surface area contributed by atoms with Gasteiger partial charge in [-0.2, -0.15) is 5.10 Å². The standard InChI is InChI=1S/C12H14N4O2/c1-8(17)14-13-7-9-4-5-10-11(6-9)16(3)12(18)15(10)2/h4-7H,1-3H3,(H,14,17). The highest BCUT2D eigenvalue weighted by Crippen LogP contribution is 2.12. The van der Waals surface area contributed by atoms with Crippen molar-refractivity contribution in [1.82, 2.24) is 14.6 Å². The number of imidazole rings is 1. The maximum absolute atomic E-state index is 11.7. The second kappa shape index (κ2) is 4.48. The monoisotopic (exact) mass is 246 g/mol. The molecule has 0 radical (unpaired) electrons. The smallest absolute Gasteiger partial charge is 0.295 e. The van der Waals surface area contributed by atoms with E-state index in [9.17, 15) is 9.59 Å². The summed E-state index contributed by atoms with van der Waals surface area (Å²) in [5, 5.41) is 3.79. The molecule has 6 nitrogen and oxygen atoms in total. The summed E-state index contributed by atoms with van der Waals surface area (Å²) in [6.45, 7) is 1.39. The summed E-state index contributed by atoms with van der Waals surface area (Å²) in [6, 6.07) is 5.54. The predicted octanol–water partition coefficient (Wildman–Crippen LogP) is 0.347. The van der Waals surface area contributed by atoms with Gasteiger partial charge >= 0.3 is 5.69 Å². The molecule has 18 heavy (non-hydrogen) atoms. The fourth-order valence-electron chi connectivity index (χ4n) is 1.80. The van der Waals surface area contributed by atoms with Gasteiger partial charge in [0, 0.05) is 21.0 Å². The van der Waals surface area contributed by atoms with Gasteiger partial charge in [0.05, 0.1) is 17.2 Å². The van der Waals surface area contributed by atoms with Crippen LogP contribution in [0.2, 0.25) is 0 Å². The van der Waals surface area contributed by atoms with Gasteiger partial charge in [-0.1, -0.05) is 6.07 Å². The molecule has 1 aromatic heterocycles. The Morgan fingerprint density at radius 2 is 1.94 bits per heavy atom. The molecule has 2 rings (SSSR count). The van der Waals surface area contributed by atoms with Crippen LogP contribution in [0.3, 0.4) is 0 Å². The highest BCUT2D eigenvalue weighted by atomic mass is 16.2. The van der Waals surface area contributed by atoms with Gasteiger partial charge in [0.1, 0.15) is 0 Å². The van der Waals surface area contributed by atoms with E-state index in [1.165, 1.54) is 13.1 Å². The van der Waals surface area contributed by atoms with Crippen LogP contribution >= 0.6 is 0 Å². The van der Waals surface area contributed by atoms with E-state index in [4.69, 9.17) is 0 Å². The van der Waals surface area contributed by atoms with Crippen molar-refractivity contribution < 1.29 is 4.79 Å². The molecular weight excluding hydrogens is 232 g/mol. The van der Waals surface area contributed by atoms with Gasteiger partial charge in [-0.05, 0) is 17.7 Å². The van der Waals surface area contributed by atoms with E-state index in [0.717, 1.165) is 16.6 Å². The Morgan fingerprint density at radius 1 is 1.28 bits per heavy atom. The van der Waals surface area contributed by atoms with Crippen LogP contribution in [-0.2, 0) is 18.9 Å². The number of amides is 1. The van der Waals surface area contributed by atoms with Gasteiger partial charge in [-0.3, -0.25) is 13.9 Å². The van der Waals surface area contributed by atoms with Crippen molar-refractivity contribution in [3.63, 3.8) is 0 Å². The lowest BCUT2D eigenvalue weighted by Gasteiger charge is -1.97. The number of nitrogens with one attached hydrogen (secondary N) is 1. The molecule has 0 aliphatic carbocycles. The fourth-order valence-corrected chi connectivity index (χ4v) is 1.80. The van der Waals surface area contributed by atoms with Gasteiger partial charge in [0.25, 0.3) is 0 Å². The van der Waals surface area contributed by atoms with Crippen molar-refractivity contribution in [2.75, 3.05) is 0 Å². The van der Waals surface area contributed by atoms with Crippen LogP contribution in [0.15, 0.2) is 28.1 Å². The first-order valence-electron chi connectivity index (χ1n) is 5.46. The summed E-state index contributed by atoms with van der Waals surface area (Å²) in [5.41, 5.74) is 4.77. The molecule has 1 heterocycles. The molecule has 2 aromatic rings. The summed E-state index contributed by atoms with van der Waals surface area (Å²) in [7, 11) is 3.45. The minimum absolute atomic E-state index is 0.0686. The number of carbonyl (C=O) groups is 1. The largest absolute Gasteiger partial charge is 0.328 e. The molecule has 0 saturated carbocycles. The van der Waals surface area contributed by atoms with E-state index >= 15 is 0 Å². The number of hydrazone groups is 1. The second-order valence-electron chi connectivity index (χ2n) is 4.07. The number of fused-ring (bicyclic) bond motifs is 1. The first-order chi connectivity index (χ1) is 8.50. The Morgan fingerprint density at radius 3 is 2.61 bits per heavy atom. The Kier molecular flexibility index (Phi) is 3.01. The molecule has 0 spiro atoms. The van der Waals surface area contributed by atoms with Crippen molar-refractivity contribution in [3.8, 4) is 0 Å². The third-order valence-corrected chi connectivity index (χ3v) is 2.73. The number of benzene rings is 1. The normalized spacial score (nSPS) is 11.3. The number of nitrogens with zero attached hydrogens (tertiary/aromatic N) is 3. The Bertz CT molecular complexity index is 694. The second-order valence-corrected chi connectivity index (χ2v) is 4.07. The zero-order valence-corrected chi connectivity index (χ0v) is 10.5. The maximum Gasteiger partial charge on any atom is 0.328 e. The van der Waals surface area contributed by atoms with Crippen molar-refractivity contribution >= 4 is 23.2 Å². The molecule has 0 unspecified atom stereocenters. The van der Waals surface area contributed by atoms with Gasteiger partial charge in [0.2, 0.25) is 5.91 Å². The molecule has 1 amide bonds. The Labute approximate surface area is 104 Å². The highest BCUT2D eigenvalue weighted by molar-refractivity contribution is 5.88. The van der Waals surface area contributed by atoms with Crippen molar-refractivity contribution in [3.05, 3.63) is 34.2 Å². The lowest BCUT2D eigenvalue weighted by molar-refractivity contribution is -0.118. The van der Waals surface area contributed by atoms with E-state index in [2.05, 4.69) is 10.5 Å². The summed E-state index contributed by atoms with van der Waals surface area (Å²) in [4.78, 5) is 22.4. The molecule has 1 aromatic carbocycles. The summed E-state index contributed by atoms with van der Waals surface area (Å²) < 4.78 is 3.16. The zero-order chi connectivity index (χ0) is 13.3. The van der Waals surface area contributed by atoms with Crippen LogP contribution in [0, 0.1) is 0 Å². The van der Waals surface area contributed by atoms with Crippen molar-refractivity contribution in [2.24, 2.45) is 19.2 Å². The number of hydrogen-bond acceptors (Lipinski definition) is 3. The van der Waals surface area contributed by atoms with E-state index in [-0.39, 0.29) is 11.6 Å². The molecule has 0 aliphatic heterocycles. The lowest BCUT2D eigenvalue weighted by Crippen LogP contribution is -2.19. The van der Waals surface area contributed by atoms with Crippen LogP contribution in [0.5, 0.6) is 0 Å². The van der Waals surface area contributed by atoms with Gasteiger partial charge < -0.3 is 0 Å². The van der Waals surface area contributed by atoms with E-state index in [0.29, 0.717) is 0 Å². The van der Waals surface area contributed by atoms with Crippen LogP contribution in [0.1, 0.15) is 12.5 Å². The third-order valence-electron chi connectivity index (χ3n) is 2.73. The van der Waals surface area contributed by atoms with Crippen molar-refractivity contribution in [1.29, 1.82) is 0 Å². The van der Waals surface area contributed by atoms with Crippen LogP contribution in [-0.4, -0.2) is 21.3 Å². The molecular formula is C12H14N4O2. The van der Waals surface area contributed by atoms with E-state index in [1.54, 1.807) is 23.2 Å². The molecule has 0 atom stereocenters. The van der Waals surface area contributed by atoms with Crippen LogP contribution in [0.25, 0.3) is 11.0 Å². The van der Waals surface area contributed by atoms with Gasteiger partial charge in [-0.25, -0.2) is 10.2 Å². The molecule has 94 valence electrons. The number of hydrogen-bond donors (Lipinski definition) is 1. The molecule has 0 bridgehead atoms. The molecule has 0 aliphatic rings. The number of aryl methyl sites for hydroxylation is 2. The minimum Gasteiger partial charge on any atom is -0.295 e. The average Bonchev–Trinajstić information content (AvgIpc) is 2.54. The average molecular weight is 246 g/mol. The lowest BCUT2D eigenvalue weighted by atomic mass is 10.2. The SMILES string of the molecule is CC(=O)NN=Cc1ccc2c(c1)n(C)c(=O)n2C. The number of rotatable bonds is 2. The quantitative estimate of drug-likeness (QED) is 0.613. The molecule has 6 heteroatoms. The zero-order valence-electron chi connectivity index (χ0n) is 10.5. The maximum atomic E-state index is 11.7. The Hall–Kier alpha value is -2.37. The molecule has 1 N–H and O–H groups in total. The van der Waals surface area contributed by atoms with Crippen molar-refractivity contribution in [2.45, 2.75) is 6.92 Å². The number of carbonyl (C=O) groups excluding carboxylic acids is 1. The molecule has 0 fully saturated rings. The van der Waals surface area contributed by atoms with Crippen LogP contribution in [0.4, 0.5) is 0 Å². The summed E-state index contributed by atoms with van der Waals surface area (Å²) in [5.74, 6) is -0.223. The van der Waals surface area contributed by atoms with E-state index < -0.39 is 0 Å². The van der Waals surface area contributed by atoms with Gasteiger partial charge in [-0.15, -0.1) is 0 Å². The third kappa shape index (κ3) is 2.04. The minimum atomic E-state index is -0.223. The molecule has 0 saturated heterocycles. The van der Waals surface area contributed by atoms with Crippen LogP contribution < -0.4 is 11.1 Å². The van der Waals surface area contributed by atoms with E-state index in [1.807, 2.05) is 18.2 Å². The first-order valence-corrected chi connectivity index (χ1v) is 5.46. The summed E-state index contributed by atoms with van der Waals surface area (Å²) >= 11 is 0. The first kappa shape index (κ1) is 12.1. The van der Waals surface area contributed by atoms with Gasteiger partial charge in [0.15, 0.2) is 0 Å². The highest BCUT2D eigenvalue weighted by Gasteiger charge is 2.07. The number of aromatic nitrogens is 2. The predicted molar refractivity (Wildman–Crippen MR) is 69.6 cm³/mol.